The van der Waals surface area contributed by atoms with E-state index in [0.29, 0.717) is 0 Å². The molecule has 150 valence electrons. The van der Waals surface area contributed by atoms with E-state index in [9.17, 15) is 4.79 Å². The molecule has 0 radical (unpaired) electrons. The Morgan fingerprint density at radius 1 is 0.967 bits per heavy atom. The lowest BCUT2D eigenvalue weighted by atomic mass is 10.1. The normalized spacial score (nSPS) is 12.1. The molecule has 0 fully saturated rings. The standard InChI is InChI=1S/C24H22N4O2/c1-15-13-21-25-22(17-10-6-8-12-20(17)28(21)26-15)18-14-27(23(29)30-24(2,3)4)19-11-7-5-9-16(18)19/h5-14H,1-4H3. The van der Waals surface area contributed by atoms with Crippen molar-refractivity contribution in [3.8, 4) is 11.3 Å². The zero-order valence-corrected chi connectivity index (χ0v) is 17.4. The summed E-state index contributed by atoms with van der Waals surface area (Å²) in [5.41, 5.74) is 4.56. The van der Waals surface area contributed by atoms with Gasteiger partial charge in [-0.2, -0.15) is 5.10 Å². The molecule has 3 aromatic heterocycles. The van der Waals surface area contributed by atoms with E-state index in [-0.39, 0.29) is 0 Å². The summed E-state index contributed by atoms with van der Waals surface area (Å²) in [7, 11) is 0. The highest BCUT2D eigenvalue weighted by Gasteiger charge is 2.22. The van der Waals surface area contributed by atoms with Crippen LogP contribution in [-0.2, 0) is 4.74 Å². The van der Waals surface area contributed by atoms with Crippen molar-refractivity contribution in [1.29, 1.82) is 0 Å². The van der Waals surface area contributed by atoms with E-state index in [0.717, 1.165) is 44.4 Å². The number of hydrogen-bond donors (Lipinski definition) is 0. The van der Waals surface area contributed by atoms with Crippen LogP contribution in [0.1, 0.15) is 26.5 Å². The summed E-state index contributed by atoms with van der Waals surface area (Å²) in [6.45, 7) is 7.55. The van der Waals surface area contributed by atoms with Gasteiger partial charge in [-0.05, 0) is 39.8 Å². The summed E-state index contributed by atoms with van der Waals surface area (Å²) in [6, 6.07) is 17.8. The zero-order valence-electron chi connectivity index (χ0n) is 17.4. The van der Waals surface area contributed by atoms with Gasteiger partial charge in [-0.25, -0.2) is 14.3 Å². The van der Waals surface area contributed by atoms with Crippen LogP contribution < -0.4 is 0 Å². The Morgan fingerprint density at radius 2 is 1.63 bits per heavy atom. The molecule has 6 heteroatoms. The first-order valence-corrected chi connectivity index (χ1v) is 9.91. The van der Waals surface area contributed by atoms with Crippen LogP contribution in [0.3, 0.4) is 0 Å². The van der Waals surface area contributed by atoms with Crippen molar-refractivity contribution in [1.82, 2.24) is 19.2 Å². The van der Waals surface area contributed by atoms with Crippen molar-refractivity contribution in [2.45, 2.75) is 33.3 Å². The van der Waals surface area contributed by atoms with Crippen LogP contribution in [0.4, 0.5) is 4.79 Å². The molecule has 0 unspecified atom stereocenters. The molecule has 0 spiro atoms. The molecule has 30 heavy (non-hydrogen) atoms. The first-order valence-electron chi connectivity index (χ1n) is 9.91. The third-order valence-corrected chi connectivity index (χ3v) is 4.98. The Bertz CT molecular complexity index is 1440. The van der Waals surface area contributed by atoms with Crippen LogP contribution in [0, 0.1) is 6.92 Å². The van der Waals surface area contributed by atoms with Gasteiger partial charge in [0, 0.05) is 28.6 Å². The average molecular weight is 398 g/mol. The van der Waals surface area contributed by atoms with Crippen LogP contribution in [0.15, 0.2) is 60.8 Å². The van der Waals surface area contributed by atoms with Gasteiger partial charge < -0.3 is 4.74 Å². The van der Waals surface area contributed by atoms with Crippen molar-refractivity contribution < 1.29 is 9.53 Å². The first kappa shape index (κ1) is 18.4. The summed E-state index contributed by atoms with van der Waals surface area (Å²) in [6.07, 6.45) is 1.42. The maximum absolute atomic E-state index is 12.9. The van der Waals surface area contributed by atoms with E-state index < -0.39 is 11.7 Å². The predicted molar refractivity (Wildman–Crippen MR) is 118 cm³/mol. The van der Waals surface area contributed by atoms with Crippen LogP contribution in [-0.4, -0.2) is 30.9 Å². The Kier molecular flexibility index (Phi) is 3.93. The Morgan fingerprint density at radius 3 is 2.37 bits per heavy atom. The molecule has 0 saturated heterocycles. The number of fused-ring (bicyclic) bond motifs is 4. The summed E-state index contributed by atoms with van der Waals surface area (Å²) in [5, 5.41) is 6.51. The second-order valence-corrected chi connectivity index (χ2v) is 8.44. The van der Waals surface area contributed by atoms with Crippen LogP contribution in [0.2, 0.25) is 0 Å². The fraction of sp³-hybridized carbons (Fsp3) is 0.208. The number of rotatable bonds is 1. The second-order valence-electron chi connectivity index (χ2n) is 8.44. The number of benzene rings is 2. The predicted octanol–water partition coefficient (Wildman–Crippen LogP) is 5.60. The molecule has 0 bridgehead atoms. The molecule has 3 heterocycles. The molecule has 5 rings (SSSR count). The minimum atomic E-state index is -0.582. The van der Waals surface area contributed by atoms with Crippen molar-refractivity contribution in [3.05, 3.63) is 66.5 Å². The van der Waals surface area contributed by atoms with Crippen molar-refractivity contribution in [2.75, 3.05) is 0 Å². The smallest absolute Gasteiger partial charge is 0.419 e. The van der Waals surface area contributed by atoms with Gasteiger partial charge in [-0.15, -0.1) is 0 Å². The lowest BCUT2D eigenvalue weighted by molar-refractivity contribution is 0.0544. The Balaban J connectivity index is 1.82. The molecular weight excluding hydrogens is 376 g/mol. The van der Waals surface area contributed by atoms with Gasteiger partial charge in [0.1, 0.15) is 5.60 Å². The molecular formula is C24H22N4O2. The number of aromatic nitrogens is 4. The molecule has 0 aliphatic rings. The largest absolute Gasteiger partial charge is 0.443 e. The number of carbonyl (C=O) groups excluding carboxylic acids is 1. The maximum atomic E-state index is 12.9. The molecule has 0 atom stereocenters. The van der Waals surface area contributed by atoms with Gasteiger partial charge in [-0.1, -0.05) is 36.4 Å². The number of aryl methyl sites for hydroxylation is 1. The first-order chi connectivity index (χ1) is 14.3. The van der Waals surface area contributed by atoms with Gasteiger partial charge in [0.25, 0.3) is 0 Å². The number of hydrogen-bond acceptors (Lipinski definition) is 4. The summed E-state index contributed by atoms with van der Waals surface area (Å²) in [5.74, 6) is 0. The van der Waals surface area contributed by atoms with E-state index in [4.69, 9.17) is 9.72 Å². The van der Waals surface area contributed by atoms with Gasteiger partial charge in [-0.3, -0.25) is 4.57 Å². The van der Waals surface area contributed by atoms with Gasteiger partial charge in [0.2, 0.25) is 0 Å². The number of para-hydroxylation sites is 2. The van der Waals surface area contributed by atoms with E-state index in [1.165, 1.54) is 0 Å². The monoisotopic (exact) mass is 398 g/mol. The van der Waals surface area contributed by atoms with E-state index in [1.807, 2.05) is 93.0 Å². The summed E-state index contributed by atoms with van der Waals surface area (Å²) < 4.78 is 9.06. The Labute approximate surface area is 173 Å². The fourth-order valence-electron chi connectivity index (χ4n) is 3.81. The molecule has 0 N–H and O–H groups in total. The average Bonchev–Trinajstić information content (AvgIpc) is 3.26. The lowest BCUT2D eigenvalue weighted by Crippen LogP contribution is -2.26. The fourth-order valence-corrected chi connectivity index (χ4v) is 3.81. The molecule has 0 amide bonds. The highest BCUT2D eigenvalue weighted by molar-refractivity contribution is 6.06. The lowest BCUT2D eigenvalue weighted by Gasteiger charge is -2.19. The second kappa shape index (κ2) is 6.42. The van der Waals surface area contributed by atoms with Crippen LogP contribution in [0.5, 0.6) is 0 Å². The zero-order chi connectivity index (χ0) is 21.0. The molecule has 6 nitrogen and oxygen atoms in total. The van der Waals surface area contributed by atoms with Crippen molar-refractivity contribution in [3.63, 3.8) is 0 Å². The molecule has 0 saturated carbocycles. The SMILES string of the molecule is Cc1cc2nc(-c3cn(C(=O)OC(C)(C)C)c4ccccc34)c3ccccc3n2n1. The van der Waals surface area contributed by atoms with Crippen molar-refractivity contribution in [2.24, 2.45) is 0 Å². The number of carbonyl (C=O) groups is 1. The Hall–Kier alpha value is -3.67. The van der Waals surface area contributed by atoms with Gasteiger partial charge >= 0.3 is 6.09 Å². The highest BCUT2D eigenvalue weighted by Crippen LogP contribution is 2.35. The summed E-state index contributed by atoms with van der Waals surface area (Å²) >= 11 is 0. The van der Waals surface area contributed by atoms with E-state index in [1.54, 1.807) is 4.57 Å². The summed E-state index contributed by atoms with van der Waals surface area (Å²) in [4.78, 5) is 17.8. The highest BCUT2D eigenvalue weighted by atomic mass is 16.6. The number of ether oxygens (including phenoxy) is 1. The van der Waals surface area contributed by atoms with Crippen molar-refractivity contribution >= 4 is 33.5 Å². The minimum absolute atomic E-state index is 0.407. The van der Waals surface area contributed by atoms with Crippen LogP contribution in [0.25, 0.3) is 38.7 Å². The maximum Gasteiger partial charge on any atom is 0.419 e. The third-order valence-electron chi connectivity index (χ3n) is 4.98. The van der Waals surface area contributed by atoms with Gasteiger partial charge in [0.05, 0.1) is 22.4 Å². The molecule has 0 aliphatic carbocycles. The van der Waals surface area contributed by atoms with Crippen LogP contribution >= 0.6 is 0 Å². The van der Waals surface area contributed by atoms with E-state index in [2.05, 4.69) is 5.10 Å². The van der Waals surface area contributed by atoms with E-state index >= 15 is 0 Å². The molecule has 0 aliphatic heterocycles. The van der Waals surface area contributed by atoms with Gasteiger partial charge in [0.15, 0.2) is 5.65 Å². The quantitative estimate of drug-likeness (QED) is 0.369. The topological polar surface area (TPSA) is 61.4 Å². The molecule has 2 aromatic carbocycles. The third kappa shape index (κ3) is 2.92. The number of nitrogens with zero attached hydrogens (tertiary/aromatic N) is 4. The molecule has 5 aromatic rings. The minimum Gasteiger partial charge on any atom is -0.443 e.